The number of thioether (sulfide) groups is 1. The molecule has 5 heteroatoms. The van der Waals surface area contributed by atoms with Crippen LogP contribution in [0.25, 0.3) is 0 Å². The van der Waals surface area contributed by atoms with Gasteiger partial charge in [-0.3, -0.25) is 4.79 Å². The van der Waals surface area contributed by atoms with E-state index in [1.807, 2.05) is 0 Å². The van der Waals surface area contributed by atoms with Crippen LogP contribution in [-0.2, 0) is 4.79 Å². The summed E-state index contributed by atoms with van der Waals surface area (Å²) < 4.78 is 0. The van der Waals surface area contributed by atoms with Crippen molar-refractivity contribution in [3.63, 3.8) is 0 Å². The van der Waals surface area contributed by atoms with Crippen molar-refractivity contribution in [2.75, 3.05) is 18.1 Å². The third-order valence-electron chi connectivity index (χ3n) is 3.02. The highest BCUT2D eigenvalue weighted by atomic mass is 32.2. The standard InChI is InChI=1S/C12H20N2O2S/c13-10-12(5-3-1-2-4-6-12)14-11(16)9-17-8-7-15/h15H,1-9H2,(H,14,16). The van der Waals surface area contributed by atoms with Crippen LogP contribution in [0.5, 0.6) is 0 Å². The van der Waals surface area contributed by atoms with Crippen molar-refractivity contribution in [3.8, 4) is 6.07 Å². The Morgan fingerprint density at radius 1 is 1.35 bits per heavy atom. The van der Waals surface area contributed by atoms with E-state index in [1.165, 1.54) is 11.8 Å². The van der Waals surface area contributed by atoms with Crippen LogP contribution in [0.15, 0.2) is 0 Å². The van der Waals surface area contributed by atoms with Gasteiger partial charge in [-0.05, 0) is 12.8 Å². The molecule has 1 amide bonds. The zero-order chi connectivity index (χ0) is 12.6. The average Bonchev–Trinajstić information content (AvgIpc) is 2.56. The van der Waals surface area contributed by atoms with Gasteiger partial charge in [0.05, 0.1) is 18.4 Å². The van der Waals surface area contributed by atoms with Crippen molar-refractivity contribution in [3.05, 3.63) is 0 Å². The van der Waals surface area contributed by atoms with Gasteiger partial charge in [0.15, 0.2) is 0 Å². The first-order valence-corrected chi connectivity index (χ1v) is 7.29. The van der Waals surface area contributed by atoms with Crippen molar-refractivity contribution in [1.82, 2.24) is 5.32 Å². The van der Waals surface area contributed by atoms with Crippen molar-refractivity contribution in [2.24, 2.45) is 0 Å². The van der Waals surface area contributed by atoms with E-state index in [1.54, 1.807) is 0 Å². The molecule has 0 unspecified atom stereocenters. The molecule has 0 heterocycles. The van der Waals surface area contributed by atoms with Crippen LogP contribution in [0, 0.1) is 11.3 Å². The predicted octanol–water partition coefficient (Wildman–Crippen LogP) is 1.44. The second kappa shape index (κ2) is 7.57. The third kappa shape index (κ3) is 4.97. The molecular formula is C12H20N2O2S. The van der Waals surface area contributed by atoms with Crippen LogP contribution in [0.4, 0.5) is 0 Å². The second-order valence-corrected chi connectivity index (χ2v) is 5.54. The molecule has 1 fully saturated rings. The average molecular weight is 256 g/mol. The Kier molecular flexibility index (Phi) is 6.38. The Morgan fingerprint density at radius 3 is 2.53 bits per heavy atom. The van der Waals surface area contributed by atoms with Crippen LogP contribution >= 0.6 is 11.8 Å². The first-order chi connectivity index (χ1) is 8.22. The largest absolute Gasteiger partial charge is 0.396 e. The van der Waals surface area contributed by atoms with E-state index in [4.69, 9.17) is 5.11 Å². The number of carbonyl (C=O) groups is 1. The maximum absolute atomic E-state index is 11.7. The van der Waals surface area contributed by atoms with Gasteiger partial charge in [-0.1, -0.05) is 25.7 Å². The van der Waals surface area contributed by atoms with Gasteiger partial charge in [0.1, 0.15) is 5.54 Å². The number of carbonyl (C=O) groups excluding carboxylic acids is 1. The summed E-state index contributed by atoms with van der Waals surface area (Å²) in [6.07, 6.45) is 5.85. The molecule has 0 atom stereocenters. The predicted molar refractivity (Wildman–Crippen MR) is 68.6 cm³/mol. The number of hydrogen-bond donors (Lipinski definition) is 2. The third-order valence-corrected chi connectivity index (χ3v) is 3.96. The Balaban J connectivity index is 2.44. The quantitative estimate of drug-likeness (QED) is 0.577. The summed E-state index contributed by atoms with van der Waals surface area (Å²) in [6, 6.07) is 2.29. The summed E-state index contributed by atoms with van der Waals surface area (Å²) in [7, 11) is 0. The zero-order valence-corrected chi connectivity index (χ0v) is 10.9. The van der Waals surface area contributed by atoms with Gasteiger partial charge in [0, 0.05) is 5.75 Å². The van der Waals surface area contributed by atoms with Gasteiger partial charge in [-0.15, -0.1) is 11.8 Å². The molecule has 96 valence electrons. The molecule has 0 saturated heterocycles. The van der Waals surface area contributed by atoms with Crippen LogP contribution in [0.1, 0.15) is 38.5 Å². The number of rotatable bonds is 5. The molecule has 0 aromatic heterocycles. The van der Waals surface area contributed by atoms with Crippen molar-refractivity contribution in [2.45, 2.75) is 44.1 Å². The lowest BCUT2D eigenvalue weighted by molar-refractivity contribution is -0.120. The Hall–Kier alpha value is -0.730. The fraction of sp³-hybridized carbons (Fsp3) is 0.833. The molecule has 17 heavy (non-hydrogen) atoms. The molecule has 0 bridgehead atoms. The summed E-state index contributed by atoms with van der Waals surface area (Å²) in [5.74, 6) is 0.795. The normalized spacial score (nSPS) is 19.1. The van der Waals surface area contributed by atoms with Crippen LogP contribution in [0.3, 0.4) is 0 Å². The fourth-order valence-corrected chi connectivity index (χ4v) is 2.66. The fourth-order valence-electron chi connectivity index (χ4n) is 2.13. The summed E-state index contributed by atoms with van der Waals surface area (Å²) in [4.78, 5) is 11.7. The van der Waals surface area contributed by atoms with Gasteiger partial charge in [0.2, 0.25) is 5.91 Å². The first-order valence-electron chi connectivity index (χ1n) is 6.13. The van der Waals surface area contributed by atoms with Crippen LogP contribution in [-0.4, -0.2) is 34.7 Å². The van der Waals surface area contributed by atoms with Gasteiger partial charge >= 0.3 is 0 Å². The van der Waals surface area contributed by atoms with Gasteiger partial charge in [-0.2, -0.15) is 5.26 Å². The van der Waals surface area contributed by atoms with E-state index in [0.717, 1.165) is 38.5 Å². The Morgan fingerprint density at radius 2 is 2.00 bits per heavy atom. The highest BCUT2D eigenvalue weighted by molar-refractivity contribution is 7.99. The second-order valence-electron chi connectivity index (χ2n) is 4.43. The summed E-state index contributed by atoms with van der Waals surface area (Å²) in [5, 5.41) is 20.8. The first kappa shape index (κ1) is 14.3. The number of hydrogen-bond acceptors (Lipinski definition) is 4. The molecule has 1 aliphatic rings. The highest BCUT2D eigenvalue weighted by Gasteiger charge is 2.32. The van der Waals surface area contributed by atoms with Crippen molar-refractivity contribution >= 4 is 17.7 Å². The van der Waals surface area contributed by atoms with E-state index < -0.39 is 5.54 Å². The molecule has 0 aromatic rings. The molecular weight excluding hydrogens is 236 g/mol. The van der Waals surface area contributed by atoms with Crippen molar-refractivity contribution in [1.29, 1.82) is 5.26 Å². The Bertz CT molecular complexity index is 281. The molecule has 1 aliphatic carbocycles. The van der Waals surface area contributed by atoms with Gasteiger partial charge in [0.25, 0.3) is 0 Å². The molecule has 4 nitrogen and oxygen atoms in total. The maximum Gasteiger partial charge on any atom is 0.231 e. The minimum atomic E-state index is -0.645. The van der Waals surface area contributed by atoms with E-state index in [-0.39, 0.29) is 12.5 Å². The number of nitrogens with zero attached hydrogens (tertiary/aromatic N) is 1. The number of aliphatic hydroxyl groups excluding tert-OH is 1. The highest BCUT2D eigenvalue weighted by Crippen LogP contribution is 2.26. The number of amides is 1. The van der Waals surface area contributed by atoms with E-state index >= 15 is 0 Å². The minimum absolute atomic E-state index is 0.0847. The summed E-state index contributed by atoms with van der Waals surface area (Å²) >= 11 is 1.39. The molecule has 1 rings (SSSR count). The topological polar surface area (TPSA) is 73.1 Å². The van der Waals surface area contributed by atoms with E-state index in [2.05, 4.69) is 11.4 Å². The summed E-state index contributed by atoms with van der Waals surface area (Å²) in [5.41, 5.74) is -0.645. The number of aliphatic hydroxyl groups is 1. The Labute approximate surface area is 107 Å². The lowest BCUT2D eigenvalue weighted by Gasteiger charge is -2.26. The minimum Gasteiger partial charge on any atom is -0.396 e. The van der Waals surface area contributed by atoms with Crippen LogP contribution < -0.4 is 5.32 Å². The summed E-state index contributed by atoms with van der Waals surface area (Å²) in [6.45, 7) is 0.0847. The maximum atomic E-state index is 11.7. The lowest BCUT2D eigenvalue weighted by atomic mass is 9.92. The molecule has 0 spiro atoms. The molecule has 0 aromatic carbocycles. The molecule has 2 N–H and O–H groups in total. The van der Waals surface area contributed by atoms with E-state index in [9.17, 15) is 10.1 Å². The molecule has 0 aliphatic heterocycles. The van der Waals surface area contributed by atoms with Gasteiger partial charge < -0.3 is 10.4 Å². The van der Waals surface area contributed by atoms with Gasteiger partial charge in [-0.25, -0.2) is 0 Å². The lowest BCUT2D eigenvalue weighted by Crippen LogP contribution is -2.47. The SMILES string of the molecule is N#CC1(NC(=O)CSCCO)CCCCCC1. The zero-order valence-electron chi connectivity index (χ0n) is 10.1. The van der Waals surface area contributed by atoms with Crippen LogP contribution in [0.2, 0.25) is 0 Å². The molecule has 0 radical (unpaired) electrons. The smallest absolute Gasteiger partial charge is 0.231 e. The number of nitriles is 1. The van der Waals surface area contributed by atoms with Crippen molar-refractivity contribution < 1.29 is 9.90 Å². The molecule has 1 saturated carbocycles. The number of nitrogens with one attached hydrogen (secondary N) is 1. The van der Waals surface area contributed by atoms with E-state index in [0.29, 0.717) is 11.5 Å². The monoisotopic (exact) mass is 256 g/mol.